The van der Waals surface area contributed by atoms with Crippen molar-refractivity contribution in [3.8, 4) is 0 Å². The van der Waals surface area contributed by atoms with Gasteiger partial charge in [-0.25, -0.2) is 8.78 Å². The van der Waals surface area contributed by atoms with Gasteiger partial charge in [0.2, 0.25) is 0 Å². The van der Waals surface area contributed by atoms with Crippen LogP contribution in [0.25, 0.3) is 0 Å². The van der Waals surface area contributed by atoms with Crippen LogP contribution in [0.2, 0.25) is 0 Å². The lowest BCUT2D eigenvalue weighted by atomic mass is 9.90. The molecule has 2 nitrogen and oxygen atoms in total. The number of benzene rings is 3. The number of hydrogen-bond donors (Lipinski definition) is 0. The Balaban J connectivity index is 1.52. The van der Waals surface area contributed by atoms with Gasteiger partial charge in [-0.05, 0) is 91.9 Å². The van der Waals surface area contributed by atoms with Crippen LogP contribution in [-0.2, 0) is 4.74 Å². The van der Waals surface area contributed by atoms with Gasteiger partial charge in [0.1, 0.15) is 11.6 Å². The van der Waals surface area contributed by atoms with E-state index in [1.807, 2.05) is 6.07 Å². The predicted octanol–water partition coefficient (Wildman–Crippen LogP) is 9.58. The third-order valence-corrected chi connectivity index (χ3v) is 9.24. The van der Waals surface area contributed by atoms with Crippen LogP contribution in [-0.4, -0.2) is 17.1 Å². The van der Waals surface area contributed by atoms with E-state index >= 15 is 0 Å². The Hall–Kier alpha value is -1.96. The molecule has 0 radical (unpaired) electrons. The molecule has 0 bridgehead atoms. The van der Waals surface area contributed by atoms with Crippen molar-refractivity contribution in [3.63, 3.8) is 0 Å². The van der Waals surface area contributed by atoms with Gasteiger partial charge in [-0.1, -0.05) is 31.4 Å². The lowest BCUT2D eigenvalue weighted by molar-refractivity contribution is 0.196. The highest BCUT2D eigenvalue weighted by atomic mass is 32.2. The molecule has 1 aliphatic carbocycles. The van der Waals surface area contributed by atoms with Gasteiger partial charge < -0.3 is 4.74 Å². The van der Waals surface area contributed by atoms with E-state index in [9.17, 15) is 8.78 Å². The van der Waals surface area contributed by atoms with Gasteiger partial charge >= 0.3 is 0 Å². The molecule has 1 saturated carbocycles. The highest BCUT2D eigenvalue weighted by molar-refractivity contribution is 8.17. The maximum absolute atomic E-state index is 13.5. The standard InChI is InChI=1S/C29H31F2NOS3/c1-21-6-5-9-27(18-21)36-32-28(33-20-22-7-3-2-4-8-22)19-29(34-25-14-10-23(30)11-15-25)35-26-16-12-24(31)13-17-26/h5-6,9-18,22,29H,2-4,7-8,19-20H2,1H3/b32-28-. The monoisotopic (exact) mass is 543 g/mol. The summed E-state index contributed by atoms with van der Waals surface area (Å²) in [6, 6.07) is 21.3. The Morgan fingerprint density at radius 1 is 0.861 bits per heavy atom. The second kappa shape index (κ2) is 14.1. The molecule has 0 N–H and O–H groups in total. The maximum atomic E-state index is 13.5. The van der Waals surface area contributed by atoms with E-state index < -0.39 is 0 Å². The predicted molar refractivity (Wildman–Crippen MR) is 150 cm³/mol. The van der Waals surface area contributed by atoms with E-state index in [1.54, 1.807) is 47.8 Å². The zero-order valence-electron chi connectivity index (χ0n) is 20.4. The Morgan fingerprint density at radius 3 is 2.06 bits per heavy atom. The summed E-state index contributed by atoms with van der Waals surface area (Å²) in [6.45, 7) is 2.76. The SMILES string of the molecule is Cc1cccc(S/N=C(/CC(Sc2ccc(F)cc2)Sc2ccc(F)cc2)OCC2CCCCC2)c1. The first kappa shape index (κ1) is 27.1. The van der Waals surface area contributed by atoms with Gasteiger partial charge in [-0.2, -0.15) is 4.40 Å². The Bertz CT molecular complexity index is 1070. The van der Waals surface area contributed by atoms with Crippen LogP contribution in [0.1, 0.15) is 44.1 Å². The summed E-state index contributed by atoms with van der Waals surface area (Å²) in [7, 11) is 0. The molecule has 0 saturated heterocycles. The second-order valence-electron chi connectivity index (χ2n) is 8.99. The average molecular weight is 544 g/mol. The van der Waals surface area contributed by atoms with Crippen molar-refractivity contribution in [2.75, 3.05) is 6.61 Å². The number of ether oxygens (including phenoxy) is 1. The minimum atomic E-state index is -0.255. The minimum absolute atomic E-state index is 0.0177. The quantitative estimate of drug-likeness (QED) is 0.0834. The topological polar surface area (TPSA) is 21.6 Å². The molecule has 1 aliphatic rings. The van der Waals surface area contributed by atoms with Crippen LogP contribution in [0.4, 0.5) is 8.78 Å². The summed E-state index contributed by atoms with van der Waals surface area (Å²) < 4.78 is 38.2. The number of thioether (sulfide) groups is 2. The van der Waals surface area contributed by atoms with Crippen molar-refractivity contribution in [1.82, 2.24) is 0 Å². The first-order valence-corrected chi connectivity index (χ1v) is 14.8. The van der Waals surface area contributed by atoms with Crippen molar-refractivity contribution in [3.05, 3.63) is 90.0 Å². The summed E-state index contributed by atoms with van der Waals surface area (Å²) in [4.78, 5) is 3.01. The number of rotatable bonds is 10. The van der Waals surface area contributed by atoms with Crippen LogP contribution < -0.4 is 0 Å². The molecule has 190 valence electrons. The maximum Gasteiger partial charge on any atom is 0.197 e. The van der Waals surface area contributed by atoms with E-state index in [4.69, 9.17) is 9.13 Å². The molecule has 0 aromatic heterocycles. The van der Waals surface area contributed by atoms with Crippen LogP contribution in [0.3, 0.4) is 0 Å². The fourth-order valence-electron chi connectivity index (χ4n) is 4.05. The molecule has 1 fully saturated rings. The molecular weight excluding hydrogens is 513 g/mol. The number of halogens is 2. The number of nitrogens with zero attached hydrogens (tertiary/aromatic N) is 1. The molecule has 0 spiro atoms. The summed E-state index contributed by atoms with van der Waals surface area (Å²) in [5, 5.41) is 0. The molecule has 7 heteroatoms. The molecule has 0 atom stereocenters. The highest BCUT2D eigenvalue weighted by Crippen LogP contribution is 2.38. The summed E-state index contributed by atoms with van der Waals surface area (Å²) in [6.07, 6.45) is 6.85. The molecule has 4 rings (SSSR count). The van der Waals surface area contributed by atoms with E-state index in [0.29, 0.717) is 24.8 Å². The molecule has 3 aromatic rings. The highest BCUT2D eigenvalue weighted by Gasteiger charge is 2.20. The lowest BCUT2D eigenvalue weighted by Gasteiger charge is -2.23. The minimum Gasteiger partial charge on any atom is -0.480 e. The fraction of sp³-hybridized carbons (Fsp3) is 0.345. The van der Waals surface area contributed by atoms with Crippen molar-refractivity contribution >= 4 is 41.4 Å². The van der Waals surface area contributed by atoms with Gasteiger partial charge in [0.25, 0.3) is 0 Å². The van der Waals surface area contributed by atoms with Gasteiger partial charge in [0.15, 0.2) is 5.90 Å². The van der Waals surface area contributed by atoms with Crippen molar-refractivity contribution < 1.29 is 13.5 Å². The van der Waals surface area contributed by atoms with Crippen LogP contribution in [0.15, 0.2) is 91.9 Å². The summed E-state index contributed by atoms with van der Waals surface area (Å²) in [5.74, 6) is 0.770. The van der Waals surface area contributed by atoms with Crippen LogP contribution in [0.5, 0.6) is 0 Å². The molecule has 0 amide bonds. The fourth-order valence-corrected chi connectivity index (χ4v) is 7.26. The lowest BCUT2D eigenvalue weighted by Crippen LogP contribution is -2.18. The van der Waals surface area contributed by atoms with Crippen molar-refractivity contribution in [2.45, 2.75) is 64.7 Å². The van der Waals surface area contributed by atoms with Gasteiger partial charge in [0, 0.05) is 33.1 Å². The van der Waals surface area contributed by atoms with Gasteiger partial charge in [-0.3, -0.25) is 0 Å². The van der Waals surface area contributed by atoms with E-state index in [0.717, 1.165) is 14.7 Å². The molecule has 0 aliphatic heterocycles. The third kappa shape index (κ3) is 9.16. The second-order valence-corrected chi connectivity index (χ2v) is 12.7. The first-order valence-electron chi connectivity index (χ1n) is 12.3. The average Bonchev–Trinajstić information content (AvgIpc) is 2.89. The zero-order valence-corrected chi connectivity index (χ0v) is 22.8. The van der Waals surface area contributed by atoms with E-state index in [1.165, 1.54) is 73.9 Å². The first-order chi connectivity index (χ1) is 17.5. The molecule has 0 unspecified atom stereocenters. The summed E-state index contributed by atoms with van der Waals surface area (Å²) in [5.41, 5.74) is 1.19. The van der Waals surface area contributed by atoms with Gasteiger partial charge in [0.05, 0.1) is 11.2 Å². The van der Waals surface area contributed by atoms with E-state index in [2.05, 4.69) is 25.1 Å². The Kier molecular flexibility index (Phi) is 10.6. The molecule has 0 heterocycles. The molecule has 36 heavy (non-hydrogen) atoms. The Labute approximate surface area is 225 Å². The van der Waals surface area contributed by atoms with Crippen LogP contribution in [0, 0.1) is 24.5 Å². The van der Waals surface area contributed by atoms with Crippen molar-refractivity contribution in [1.29, 1.82) is 0 Å². The van der Waals surface area contributed by atoms with Gasteiger partial charge in [-0.15, -0.1) is 23.5 Å². The molecule has 3 aromatic carbocycles. The van der Waals surface area contributed by atoms with Crippen molar-refractivity contribution in [2.24, 2.45) is 10.3 Å². The number of aryl methyl sites for hydroxylation is 1. The third-order valence-electron chi connectivity index (χ3n) is 5.96. The zero-order chi connectivity index (χ0) is 25.2. The molecular formula is C29H31F2NOS3. The van der Waals surface area contributed by atoms with E-state index in [-0.39, 0.29) is 16.2 Å². The largest absolute Gasteiger partial charge is 0.480 e. The van der Waals surface area contributed by atoms with Crippen LogP contribution >= 0.6 is 35.5 Å². The summed E-state index contributed by atoms with van der Waals surface area (Å²) >= 11 is 4.72. The normalized spacial score (nSPS) is 14.8. The Morgan fingerprint density at radius 2 is 1.47 bits per heavy atom. The smallest absolute Gasteiger partial charge is 0.197 e. The number of hydrogen-bond acceptors (Lipinski definition) is 5.